The summed E-state index contributed by atoms with van der Waals surface area (Å²) in [6.07, 6.45) is 10.6. The van der Waals surface area contributed by atoms with Crippen LogP contribution in [-0.4, -0.2) is 29.4 Å². The molecule has 0 aromatic carbocycles. The first-order valence-electron chi connectivity index (χ1n) is 6.84. The van der Waals surface area contributed by atoms with Crippen LogP contribution in [0.25, 0.3) is 0 Å². The Morgan fingerprint density at radius 1 is 1.44 bits per heavy atom. The highest BCUT2D eigenvalue weighted by Crippen LogP contribution is 2.27. The van der Waals surface area contributed by atoms with Gasteiger partial charge in [0.1, 0.15) is 6.04 Å². The van der Waals surface area contributed by atoms with E-state index in [4.69, 9.17) is 11.0 Å². The molecule has 1 aliphatic carbocycles. The molecule has 1 heterocycles. The van der Waals surface area contributed by atoms with Crippen LogP contribution in [-0.2, 0) is 4.79 Å². The van der Waals surface area contributed by atoms with Crippen LogP contribution in [0.15, 0.2) is 12.2 Å². The predicted molar refractivity (Wildman–Crippen MR) is 69.4 cm³/mol. The van der Waals surface area contributed by atoms with Crippen LogP contribution in [0.2, 0.25) is 0 Å². The van der Waals surface area contributed by atoms with Crippen LogP contribution in [0.1, 0.15) is 38.5 Å². The van der Waals surface area contributed by atoms with Crippen molar-refractivity contribution in [1.82, 2.24) is 4.90 Å². The zero-order valence-electron chi connectivity index (χ0n) is 10.7. The number of hydrogen-bond donors (Lipinski definition) is 1. The van der Waals surface area contributed by atoms with Gasteiger partial charge in [-0.3, -0.25) is 4.79 Å². The molecule has 2 aliphatic rings. The second-order valence-electron chi connectivity index (χ2n) is 5.34. The third-order valence-corrected chi connectivity index (χ3v) is 4.00. The molecule has 0 aromatic rings. The van der Waals surface area contributed by atoms with Gasteiger partial charge in [-0.15, -0.1) is 0 Å². The second-order valence-corrected chi connectivity index (χ2v) is 5.34. The number of amides is 1. The quantitative estimate of drug-likeness (QED) is 0.770. The van der Waals surface area contributed by atoms with Gasteiger partial charge in [0, 0.05) is 6.54 Å². The highest BCUT2D eigenvalue weighted by atomic mass is 16.2. The largest absolute Gasteiger partial charge is 0.320 e. The minimum absolute atomic E-state index is 0.0721. The van der Waals surface area contributed by atoms with E-state index in [1.807, 2.05) is 6.08 Å². The number of nitrogens with zero attached hydrogens (tertiary/aromatic N) is 2. The number of hydrogen-bond acceptors (Lipinski definition) is 3. The first-order chi connectivity index (χ1) is 8.72. The number of nitriles is 1. The van der Waals surface area contributed by atoms with Crippen LogP contribution in [0, 0.1) is 17.2 Å². The van der Waals surface area contributed by atoms with Gasteiger partial charge >= 0.3 is 0 Å². The van der Waals surface area contributed by atoms with Gasteiger partial charge in [0.05, 0.1) is 12.1 Å². The number of rotatable bonds is 3. The molecule has 2 N–H and O–H groups in total. The number of carbonyl (C=O) groups is 1. The minimum atomic E-state index is -0.441. The lowest BCUT2D eigenvalue weighted by Crippen LogP contribution is -2.46. The summed E-state index contributed by atoms with van der Waals surface area (Å²) in [6, 6.07) is 1.25. The SMILES string of the molecule is N#CC1C=CCN1C(=O)C(N)CC1CCCCC1. The zero-order valence-corrected chi connectivity index (χ0v) is 10.7. The maximum atomic E-state index is 12.2. The van der Waals surface area contributed by atoms with Gasteiger partial charge in [0.15, 0.2) is 0 Å². The third-order valence-electron chi connectivity index (χ3n) is 4.00. The van der Waals surface area contributed by atoms with E-state index in [0.29, 0.717) is 12.5 Å². The Morgan fingerprint density at radius 3 is 2.83 bits per heavy atom. The van der Waals surface area contributed by atoms with Crippen LogP contribution in [0.3, 0.4) is 0 Å². The molecule has 1 aliphatic heterocycles. The molecule has 2 unspecified atom stereocenters. The van der Waals surface area contributed by atoms with E-state index >= 15 is 0 Å². The Morgan fingerprint density at radius 2 is 2.17 bits per heavy atom. The number of carbonyl (C=O) groups excluding carboxylic acids is 1. The Kier molecular flexibility index (Phi) is 4.38. The topological polar surface area (TPSA) is 70.1 Å². The van der Waals surface area contributed by atoms with Crippen molar-refractivity contribution in [2.75, 3.05) is 6.54 Å². The van der Waals surface area contributed by atoms with Crippen LogP contribution in [0.5, 0.6) is 0 Å². The van der Waals surface area contributed by atoms with Crippen molar-refractivity contribution in [3.05, 3.63) is 12.2 Å². The molecule has 18 heavy (non-hydrogen) atoms. The zero-order chi connectivity index (χ0) is 13.0. The van der Waals surface area contributed by atoms with E-state index in [0.717, 1.165) is 6.42 Å². The normalized spacial score (nSPS) is 26.0. The summed E-state index contributed by atoms with van der Waals surface area (Å²) < 4.78 is 0. The molecular formula is C14H21N3O. The van der Waals surface area contributed by atoms with Gasteiger partial charge in [-0.2, -0.15) is 5.26 Å². The molecule has 98 valence electrons. The van der Waals surface area contributed by atoms with E-state index < -0.39 is 12.1 Å². The van der Waals surface area contributed by atoms with E-state index in [1.165, 1.54) is 32.1 Å². The second kappa shape index (κ2) is 6.01. The summed E-state index contributed by atoms with van der Waals surface area (Å²) >= 11 is 0. The van der Waals surface area contributed by atoms with Crippen molar-refractivity contribution in [3.8, 4) is 6.07 Å². The lowest BCUT2D eigenvalue weighted by atomic mass is 9.84. The molecule has 1 amide bonds. The van der Waals surface area contributed by atoms with Crippen LogP contribution in [0.4, 0.5) is 0 Å². The third kappa shape index (κ3) is 2.91. The van der Waals surface area contributed by atoms with Gasteiger partial charge in [-0.25, -0.2) is 0 Å². The van der Waals surface area contributed by atoms with E-state index in [-0.39, 0.29) is 5.91 Å². The van der Waals surface area contributed by atoms with Crippen molar-refractivity contribution in [2.24, 2.45) is 11.7 Å². The van der Waals surface area contributed by atoms with Gasteiger partial charge in [-0.05, 0) is 18.4 Å². The van der Waals surface area contributed by atoms with Crippen molar-refractivity contribution < 1.29 is 4.79 Å². The summed E-state index contributed by atoms with van der Waals surface area (Å²) in [5, 5.41) is 8.95. The molecule has 1 fully saturated rings. The first-order valence-corrected chi connectivity index (χ1v) is 6.84. The van der Waals surface area contributed by atoms with Crippen molar-refractivity contribution >= 4 is 5.91 Å². The maximum Gasteiger partial charge on any atom is 0.241 e. The first kappa shape index (κ1) is 13.1. The maximum absolute atomic E-state index is 12.2. The van der Waals surface area contributed by atoms with Gasteiger partial charge in [-0.1, -0.05) is 38.2 Å². The fourth-order valence-electron chi connectivity index (χ4n) is 2.96. The Balaban J connectivity index is 1.86. The highest BCUT2D eigenvalue weighted by Gasteiger charge is 2.30. The molecule has 4 heteroatoms. The predicted octanol–water partition coefficient (Wildman–Crippen LogP) is 1.57. The van der Waals surface area contributed by atoms with Gasteiger partial charge in [0.25, 0.3) is 0 Å². The molecule has 2 atom stereocenters. The molecule has 0 saturated heterocycles. The van der Waals surface area contributed by atoms with E-state index in [9.17, 15) is 4.79 Å². The summed E-state index contributed by atoms with van der Waals surface area (Å²) in [6.45, 7) is 0.523. The van der Waals surface area contributed by atoms with Crippen molar-refractivity contribution in [3.63, 3.8) is 0 Å². The molecular weight excluding hydrogens is 226 g/mol. The fraction of sp³-hybridized carbons (Fsp3) is 0.714. The minimum Gasteiger partial charge on any atom is -0.320 e. The molecule has 0 spiro atoms. The average molecular weight is 247 g/mol. The average Bonchev–Trinajstić information content (AvgIpc) is 2.87. The lowest BCUT2D eigenvalue weighted by molar-refractivity contribution is -0.132. The number of nitrogens with two attached hydrogens (primary N) is 1. The summed E-state index contributed by atoms with van der Waals surface area (Å²) in [7, 11) is 0. The molecule has 0 radical (unpaired) electrons. The Bertz CT molecular complexity index is 366. The molecule has 1 saturated carbocycles. The van der Waals surface area contributed by atoms with Crippen molar-refractivity contribution in [1.29, 1.82) is 5.26 Å². The van der Waals surface area contributed by atoms with Gasteiger partial charge < -0.3 is 10.6 Å². The molecule has 0 bridgehead atoms. The molecule has 4 nitrogen and oxygen atoms in total. The van der Waals surface area contributed by atoms with Crippen LogP contribution >= 0.6 is 0 Å². The highest BCUT2D eigenvalue weighted by molar-refractivity contribution is 5.83. The smallest absolute Gasteiger partial charge is 0.241 e. The Hall–Kier alpha value is -1.34. The Labute approximate surface area is 108 Å². The van der Waals surface area contributed by atoms with Crippen molar-refractivity contribution in [2.45, 2.75) is 50.6 Å². The van der Waals surface area contributed by atoms with E-state index in [2.05, 4.69) is 6.07 Å². The lowest BCUT2D eigenvalue weighted by Gasteiger charge is -2.27. The van der Waals surface area contributed by atoms with Gasteiger partial charge in [0.2, 0.25) is 5.91 Å². The summed E-state index contributed by atoms with van der Waals surface area (Å²) in [4.78, 5) is 13.8. The molecule has 2 rings (SSSR count). The standard InChI is InChI=1S/C14H21N3O/c15-10-12-7-4-8-17(12)14(18)13(16)9-11-5-2-1-3-6-11/h4,7,11-13H,1-3,5-6,8-9,16H2. The summed E-state index contributed by atoms with van der Waals surface area (Å²) in [5.41, 5.74) is 6.02. The van der Waals surface area contributed by atoms with E-state index in [1.54, 1.807) is 11.0 Å². The summed E-state index contributed by atoms with van der Waals surface area (Å²) in [5.74, 6) is 0.519. The monoisotopic (exact) mass is 247 g/mol. The molecule has 0 aromatic heterocycles. The fourth-order valence-corrected chi connectivity index (χ4v) is 2.96. The van der Waals surface area contributed by atoms with Crippen LogP contribution < -0.4 is 5.73 Å².